The van der Waals surface area contributed by atoms with Gasteiger partial charge in [0, 0.05) is 24.7 Å². The largest absolute Gasteiger partial charge is 0.493 e. The van der Waals surface area contributed by atoms with E-state index in [0.717, 1.165) is 24.3 Å². The number of aromatic nitrogens is 1. The van der Waals surface area contributed by atoms with Gasteiger partial charge in [0.2, 0.25) is 5.75 Å². The minimum absolute atomic E-state index is 0.0884. The first-order chi connectivity index (χ1) is 12.6. The number of aryl methyl sites for hydroxylation is 1. The first-order valence-corrected chi connectivity index (χ1v) is 8.38. The zero-order valence-corrected chi connectivity index (χ0v) is 15.4. The van der Waals surface area contributed by atoms with Crippen molar-refractivity contribution in [2.75, 3.05) is 33.2 Å². The molecule has 0 radical (unpaired) electrons. The molecule has 8 nitrogen and oxygen atoms in total. The maximum Gasteiger partial charge on any atom is 0.322 e. The average molecular weight is 361 g/mol. The molecule has 2 heterocycles. The standard InChI is InChI=1S/C18H23N3O5/c1-11-8-13(20-26-11)14-6-5-7-21(14)18(22)19-12-9-15(23-2)17(25-4)16(10-12)24-3/h8-10,14H,5-7H2,1-4H3,(H,19,22)/t14-/m0/s1. The molecule has 2 aromatic rings. The minimum Gasteiger partial charge on any atom is -0.493 e. The van der Waals surface area contributed by atoms with E-state index in [2.05, 4.69) is 10.5 Å². The number of benzene rings is 1. The number of urea groups is 1. The summed E-state index contributed by atoms with van der Waals surface area (Å²) in [7, 11) is 4.60. The van der Waals surface area contributed by atoms with E-state index in [1.165, 1.54) is 21.3 Å². The molecule has 1 N–H and O–H groups in total. The van der Waals surface area contributed by atoms with Crippen LogP contribution in [-0.4, -0.2) is 44.0 Å². The normalized spacial score (nSPS) is 16.5. The molecule has 1 atom stereocenters. The number of carbonyl (C=O) groups excluding carboxylic acids is 1. The summed E-state index contributed by atoms with van der Waals surface area (Å²) in [6.45, 7) is 2.50. The van der Waals surface area contributed by atoms with Crippen LogP contribution in [0.3, 0.4) is 0 Å². The van der Waals surface area contributed by atoms with Crippen molar-refractivity contribution in [3.05, 3.63) is 29.7 Å². The molecule has 0 aliphatic carbocycles. The molecular weight excluding hydrogens is 338 g/mol. The van der Waals surface area contributed by atoms with Crippen molar-refractivity contribution in [2.45, 2.75) is 25.8 Å². The highest BCUT2D eigenvalue weighted by Gasteiger charge is 2.32. The highest BCUT2D eigenvalue weighted by molar-refractivity contribution is 5.90. The van der Waals surface area contributed by atoms with Gasteiger partial charge >= 0.3 is 6.03 Å². The van der Waals surface area contributed by atoms with Crippen LogP contribution in [0.4, 0.5) is 10.5 Å². The maximum absolute atomic E-state index is 12.8. The maximum atomic E-state index is 12.8. The van der Waals surface area contributed by atoms with Gasteiger partial charge in [0.05, 0.1) is 33.1 Å². The summed E-state index contributed by atoms with van der Waals surface area (Å²) < 4.78 is 21.1. The molecule has 2 amide bonds. The predicted molar refractivity (Wildman–Crippen MR) is 95.0 cm³/mol. The zero-order valence-electron chi connectivity index (χ0n) is 15.4. The van der Waals surface area contributed by atoms with Crippen LogP contribution in [0.2, 0.25) is 0 Å². The Hall–Kier alpha value is -2.90. The smallest absolute Gasteiger partial charge is 0.322 e. The van der Waals surface area contributed by atoms with Gasteiger partial charge in [-0.05, 0) is 19.8 Å². The van der Waals surface area contributed by atoms with Gasteiger partial charge in [-0.1, -0.05) is 5.16 Å². The molecule has 0 saturated carbocycles. The van der Waals surface area contributed by atoms with Gasteiger partial charge in [0.1, 0.15) is 11.5 Å². The minimum atomic E-state index is -0.206. The van der Waals surface area contributed by atoms with Gasteiger partial charge < -0.3 is 29.0 Å². The van der Waals surface area contributed by atoms with Crippen LogP contribution in [0.25, 0.3) is 0 Å². The number of nitrogens with one attached hydrogen (secondary N) is 1. The highest BCUT2D eigenvalue weighted by atomic mass is 16.5. The van der Waals surface area contributed by atoms with Crippen molar-refractivity contribution in [2.24, 2.45) is 0 Å². The summed E-state index contributed by atoms with van der Waals surface area (Å²) in [6, 6.07) is 4.97. The number of likely N-dealkylation sites (tertiary alicyclic amines) is 1. The molecule has 1 fully saturated rings. The molecule has 1 aliphatic rings. The van der Waals surface area contributed by atoms with E-state index in [9.17, 15) is 4.79 Å². The van der Waals surface area contributed by atoms with Crippen molar-refractivity contribution in [3.8, 4) is 17.2 Å². The predicted octanol–water partition coefficient (Wildman–Crippen LogP) is 3.38. The van der Waals surface area contributed by atoms with E-state index < -0.39 is 0 Å². The van der Waals surface area contributed by atoms with Crippen LogP contribution in [0.5, 0.6) is 17.2 Å². The van der Waals surface area contributed by atoms with Crippen LogP contribution in [-0.2, 0) is 0 Å². The van der Waals surface area contributed by atoms with Crippen molar-refractivity contribution in [3.63, 3.8) is 0 Å². The van der Waals surface area contributed by atoms with Crippen LogP contribution >= 0.6 is 0 Å². The SMILES string of the molecule is COc1cc(NC(=O)N2CCC[C@H]2c2cc(C)on2)cc(OC)c1OC. The second-order valence-corrected chi connectivity index (χ2v) is 6.06. The number of ether oxygens (including phenoxy) is 3. The molecule has 1 saturated heterocycles. The topological polar surface area (TPSA) is 86.1 Å². The van der Waals surface area contributed by atoms with Crippen LogP contribution < -0.4 is 19.5 Å². The number of hydrogen-bond acceptors (Lipinski definition) is 6. The van der Waals surface area contributed by atoms with Gasteiger partial charge in [-0.3, -0.25) is 0 Å². The van der Waals surface area contributed by atoms with Crippen molar-refractivity contribution >= 4 is 11.7 Å². The number of carbonyl (C=O) groups is 1. The molecule has 1 aliphatic heterocycles. The fraction of sp³-hybridized carbons (Fsp3) is 0.444. The van der Waals surface area contributed by atoms with E-state index in [1.54, 1.807) is 17.0 Å². The van der Waals surface area contributed by atoms with Crippen molar-refractivity contribution in [1.82, 2.24) is 10.1 Å². The number of rotatable bonds is 5. The summed E-state index contributed by atoms with van der Waals surface area (Å²) in [5, 5.41) is 6.97. The third-order valence-corrected chi connectivity index (χ3v) is 4.42. The summed E-state index contributed by atoms with van der Waals surface area (Å²) >= 11 is 0. The first kappa shape index (κ1) is 17.9. The van der Waals surface area contributed by atoms with Gasteiger partial charge in [-0.2, -0.15) is 0 Å². The van der Waals surface area contributed by atoms with Gasteiger partial charge in [-0.25, -0.2) is 4.79 Å². The number of nitrogens with zero attached hydrogens (tertiary/aromatic N) is 2. The second-order valence-electron chi connectivity index (χ2n) is 6.06. The summed E-state index contributed by atoms with van der Waals surface area (Å²) in [6.07, 6.45) is 1.77. The molecule has 140 valence electrons. The van der Waals surface area contributed by atoms with E-state index in [-0.39, 0.29) is 12.1 Å². The van der Waals surface area contributed by atoms with Gasteiger partial charge in [0.15, 0.2) is 11.5 Å². The van der Waals surface area contributed by atoms with E-state index in [0.29, 0.717) is 29.5 Å². The molecule has 26 heavy (non-hydrogen) atoms. The second kappa shape index (κ2) is 7.55. The van der Waals surface area contributed by atoms with E-state index in [4.69, 9.17) is 18.7 Å². The molecule has 3 rings (SSSR count). The Kier molecular flexibility index (Phi) is 5.20. The Balaban J connectivity index is 1.81. The molecule has 1 aromatic heterocycles. The lowest BCUT2D eigenvalue weighted by Crippen LogP contribution is -2.34. The molecule has 0 spiro atoms. The van der Waals surface area contributed by atoms with E-state index in [1.807, 2.05) is 13.0 Å². The lowest BCUT2D eigenvalue weighted by atomic mass is 10.1. The summed E-state index contributed by atoms with van der Waals surface area (Å²) in [4.78, 5) is 14.6. The molecule has 0 unspecified atom stereocenters. The quantitative estimate of drug-likeness (QED) is 0.879. The third-order valence-electron chi connectivity index (χ3n) is 4.42. The van der Waals surface area contributed by atoms with Crippen LogP contribution in [0, 0.1) is 6.92 Å². The number of methoxy groups -OCH3 is 3. The number of hydrogen-bond donors (Lipinski definition) is 1. The lowest BCUT2D eigenvalue weighted by molar-refractivity contribution is 0.204. The summed E-state index contributed by atoms with van der Waals surface area (Å²) in [5.74, 6) is 2.17. The fourth-order valence-corrected chi connectivity index (χ4v) is 3.21. The highest BCUT2D eigenvalue weighted by Crippen LogP contribution is 2.40. The monoisotopic (exact) mass is 361 g/mol. The van der Waals surface area contributed by atoms with E-state index >= 15 is 0 Å². The van der Waals surface area contributed by atoms with Crippen LogP contribution in [0.1, 0.15) is 30.3 Å². The van der Waals surface area contributed by atoms with Crippen molar-refractivity contribution in [1.29, 1.82) is 0 Å². The van der Waals surface area contributed by atoms with Gasteiger partial charge in [0.25, 0.3) is 0 Å². The molecule has 1 aromatic carbocycles. The lowest BCUT2D eigenvalue weighted by Gasteiger charge is -2.24. The number of anilines is 1. The fourth-order valence-electron chi connectivity index (χ4n) is 3.21. The Bertz CT molecular complexity index is 764. The van der Waals surface area contributed by atoms with Gasteiger partial charge in [-0.15, -0.1) is 0 Å². The zero-order chi connectivity index (χ0) is 18.7. The molecule has 8 heteroatoms. The van der Waals surface area contributed by atoms with Crippen LogP contribution in [0.15, 0.2) is 22.7 Å². The molecule has 0 bridgehead atoms. The first-order valence-electron chi connectivity index (χ1n) is 8.38. The Morgan fingerprint density at radius 3 is 2.42 bits per heavy atom. The Labute approximate surface area is 152 Å². The number of amides is 2. The van der Waals surface area contributed by atoms with Crippen molar-refractivity contribution < 1.29 is 23.5 Å². The Morgan fingerprint density at radius 1 is 1.19 bits per heavy atom. The third kappa shape index (κ3) is 3.40. The molecular formula is C18H23N3O5. The average Bonchev–Trinajstić information content (AvgIpc) is 3.29. The summed E-state index contributed by atoms with van der Waals surface area (Å²) in [5.41, 5.74) is 1.34. The Morgan fingerprint density at radius 2 is 1.88 bits per heavy atom.